The molecule has 0 fully saturated rings. The maximum Gasteiger partial charge on any atom is 0.313 e. The molecule has 19 heavy (non-hydrogen) atoms. The molecule has 7 heteroatoms. The summed E-state index contributed by atoms with van der Waals surface area (Å²) >= 11 is 1.15. The summed E-state index contributed by atoms with van der Waals surface area (Å²) in [5.41, 5.74) is 2.67. The Morgan fingerprint density at radius 2 is 2.11 bits per heavy atom. The van der Waals surface area contributed by atoms with Crippen molar-refractivity contribution in [3.8, 4) is 11.4 Å². The number of carboxylic acid groups (broad SMARTS) is 1. The van der Waals surface area contributed by atoms with Gasteiger partial charge in [0, 0.05) is 24.0 Å². The van der Waals surface area contributed by atoms with E-state index in [1.165, 1.54) is 0 Å². The zero-order chi connectivity index (χ0) is 14.0. The molecule has 0 bridgehead atoms. The molecule has 0 aliphatic heterocycles. The molecule has 0 spiro atoms. The minimum atomic E-state index is -0.872. The standard InChI is InChI=1S/C12H14N4O2S/c1-7-4-5-9(8(2)13-7)11-14-12(16(3)15-11)19-6-10(17)18/h4-5H,6H2,1-3H3,(H,17,18). The molecule has 0 saturated carbocycles. The summed E-state index contributed by atoms with van der Waals surface area (Å²) in [4.78, 5) is 19.3. The van der Waals surface area contributed by atoms with Crippen molar-refractivity contribution in [2.24, 2.45) is 7.05 Å². The molecule has 6 nitrogen and oxygen atoms in total. The van der Waals surface area contributed by atoms with Gasteiger partial charge >= 0.3 is 5.97 Å². The van der Waals surface area contributed by atoms with Crippen LogP contribution in [-0.2, 0) is 11.8 Å². The van der Waals surface area contributed by atoms with Gasteiger partial charge in [0.2, 0.25) is 0 Å². The molecule has 0 saturated heterocycles. The average molecular weight is 278 g/mol. The Hall–Kier alpha value is -1.89. The molecule has 0 atom stereocenters. The van der Waals surface area contributed by atoms with Crippen LogP contribution < -0.4 is 0 Å². The van der Waals surface area contributed by atoms with Gasteiger partial charge in [-0.05, 0) is 26.0 Å². The first-order valence-corrected chi connectivity index (χ1v) is 6.66. The number of pyridine rings is 1. The largest absolute Gasteiger partial charge is 0.481 e. The summed E-state index contributed by atoms with van der Waals surface area (Å²) in [7, 11) is 1.75. The number of hydrogen-bond acceptors (Lipinski definition) is 5. The van der Waals surface area contributed by atoms with E-state index in [-0.39, 0.29) is 5.75 Å². The van der Waals surface area contributed by atoms with Crippen LogP contribution in [0.15, 0.2) is 17.3 Å². The second-order valence-corrected chi connectivity index (χ2v) is 5.05. The smallest absolute Gasteiger partial charge is 0.313 e. The highest BCUT2D eigenvalue weighted by Gasteiger charge is 2.13. The van der Waals surface area contributed by atoms with E-state index in [4.69, 9.17) is 5.11 Å². The SMILES string of the molecule is Cc1ccc(-c2nc(SCC(=O)O)n(C)n2)c(C)n1. The lowest BCUT2D eigenvalue weighted by molar-refractivity contribution is -0.133. The van der Waals surface area contributed by atoms with E-state index in [0.29, 0.717) is 11.0 Å². The van der Waals surface area contributed by atoms with Crippen LogP contribution in [-0.4, -0.2) is 36.6 Å². The summed E-state index contributed by atoms with van der Waals surface area (Å²) in [5.74, 6) is -0.333. The highest BCUT2D eigenvalue weighted by molar-refractivity contribution is 7.99. The highest BCUT2D eigenvalue weighted by atomic mass is 32.2. The normalized spacial score (nSPS) is 10.7. The molecule has 2 rings (SSSR count). The predicted molar refractivity (Wildman–Crippen MR) is 72.1 cm³/mol. The highest BCUT2D eigenvalue weighted by Crippen LogP contribution is 2.22. The van der Waals surface area contributed by atoms with Crippen molar-refractivity contribution in [2.45, 2.75) is 19.0 Å². The third-order valence-electron chi connectivity index (χ3n) is 2.51. The lowest BCUT2D eigenvalue weighted by Crippen LogP contribution is -2.00. The van der Waals surface area contributed by atoms with E-state index in [1.54, 1.807) is 11.7 Å². The van der Waals surface area contributed by atoms with E-state index in [0.717, 1.165) is 28.7 Å². The van der Waals surface area contributed by atoms with Crippen molar-refractivity contribution < 1.29 is 9.90 Å². The first-order valence-electron chi connectivity index (χ1n) is 5.67. The molecule has 0 unspecified atom stereocenters. The Labute approximate surface area is 114 Å². The van der Waals surface area contributed by atoms with Crippen LogP contribution in [0, 0.1) is 13.8 Å². The van der Waals surface area contributed by atoms with Crippen LogP contribution in [0.2, 0.25) is 0 Å². The fraction of sp³-hybridized carbons (Fsp3) is 0.333. The van der Waals surface area contributed by atoms with E-state index >= 15 is 0 Å². The van der Waals surface area contributed by atoms with Crippen LogP contribution in [0.4, 0.5) is 0 Å². The minimum absolute atomic E-state index is 0.0307. The number of hydrogen-bond donors (Lipinski definition) is 1. The second kappa shape index (κ2) is 5.40. The summed E-state index contributed by atoms with van der Waals surface area (Å²) in [6, 6.07) is 3.83. The van der Waals surface area contributed by atoms with Crippen LogP contribution in [0.1, 0.15) is 11.4 Å². The molecule has 100 valence electrons. The number of carbonyl (C=O) groups is 1. The van der Waals surface area contributed by atoms with Gasteiger partial charge in [-0.3, -0.25) is 9.78 Å². The molecule has 2 heterocycles. The summed E-state index contributed by atoms with van der Waals surface area (Å²) in [6.45, 7) is 3.83. The van der Waals surface area contributed by atoms with Crippen LogP contribution in [0.5, 0.6) is 0 Å². The third-order valence-corrected chi connectivity index (χ3v) is 3.52. The van der Waals surface area contributed by atoms with Gasteiger partial charge in [-0.1, -0.05) is 11.8 Å². The van der Waals surface area contributed by atoms with Gasteiger partial charge < -0.3 is 5.11 Å². The number of aryl methyl sites for hydroxylation is 3. The van der Waals surface area contributed by atoms with Gasteiger partial charge in [0.1, 0.15) is 0 Å². The van der Waals surface area contributed by atoms with Crippen molar-refractivity contribution in [2.75, 3.05) is 5.75 Å². The first kappa shape index (κ1) is 13.5. The Morgan fingerprint density at radius 1 is 1.37 bits per heavy atom. The molecular formula is C12H14N4O2S. The molecule has 2 aromatic rings. The maximum absolute atomic E-state index is 10.6. The third kappa shape index (κ3) is 3.11. The van der Waals surface area contributed by atoms with E-state index in [1.807, 2.05) is 26.0 Å². The van der Waals surface area contributed by atoms with Gasteiger partial charge in [-0.2, -0.15) is 5.10 Å². The van der Waals surface area contributed by atoms with Crippen LogP contribution in [0.25, 0.3) is 11.4 Å². The lowest BCUT2D eigenvalue weighted by atomic mass is 10.2. The summed E-state index contributed by atoms with van der Waals surface area (Å²) in [6.07, 6.45) is 0. The molecular weight excluding hydrogens is 264 g/mol. The van der Waals surface area contributed by atoms with Crippen molar-refractivity contribution >= 4 is 17.7 Å². The lowest BCUT2D eigenvalue weighted by Gasteiger charge is -2.01. The average Bonchev–Trinajstić information content (AvgIpc) is 2.67. The van der Waals surface area contributed by atoms with Gasteiger partial charge in [0.25, 0.3) is 0 Å². The molecule has 0 aliphatic rings. The van der Waals surface area contributed by atoms with Crippen molar-refractivity contribution in [3.05, 3.63) is 23.5 Å². The van der Waals surface area contributed by atoms with E-state index in [9.17, 15) is 4.79 Å². The van der Waals surface area contributed by atoms with Gasteiger partial charge in [0.05, 0.1) is 5.75 Å². The van der Waals surface area contributed by atoms with E-state index in [2.05, 4.69) is 15.1 Å². The van der Waals surface area contributed by atoms with Gasteiger partial charge in [-0.15, -0.1) is 0 Å². The number of aromatic nitrogens is 4. The molecule has 0 radical (unpaired) electrons. The quantitative estimate of drug-likeness (QED) is 0.857. The van der Waals surface area contributed by atoms with Crippen molar-refractivity contribution in [1.82, 2.24) is 19.7 Å². The molecule has 0 aliphatic carbocycles. The Balaban J connectivity index is 2.31. The number of thioether (sulfide) groups is 1. The minimum Gasteiger partial charge on any atom is -0.481 e. The number of carboxylic acids is 1. The predicted octanol–water partition coefficient (Wildman–Crippen LogP) is 1.67. The maximum atomic E-state index is 10.6. The Bertz CT molecular complexity index is 624. The fourth-order valence-corrected chi connectivity index (χ4v) is 2.29. The molecule has 2 aromatic heterocycles. The number of rotatable bonds is 4. The second-order valence-electron chi connectivity index (χ2n) is 4.11. The summed E-state index contributed by atoms with van der Waals surface area (Å²) < 4.78 is 1.59. The number of nitrogens with zero attached hydrogens (tertiary/aromatic N) is 4. The zero-order valence-electron chi connectivity index (χ0n) is 10.9. The van der Waals surface area contributed by atoms with Gasteiger partial charge in [-0.25, -0.2) is 9.67 Å². The summed E-state index contributed by atoms with van der Waals surface area (Å²) in [5, 5.41) is 13.6. The topological polar surface area (TPSA) is 80.9 Å². The van der Waals surface area contributed by atoms with E-state index < -0.39 is 5.97 Å². The monoisotopic (exact) mass is 278 g/mol. The van der Waals surface area contributed by atoms with Crippen molar-refractivity contribution in [3.63, 3.8) is 0 Å². The first-order chi connectivity index (χ1) is 8.97. The van der Waals surface area contributed by atoms with Crippen LogP contribution >= 0.6 is 11.8 Å². The Kier molecular flexibility index (Phi) is 3.84. The molecule has 0 amide bonds. The van der Waals surface area contributed by atoms with Crippen LogP contribution in [0.3, 0.4) is 0 Å². The van der Waals surface area contributed by atoms with Crippen molar-refractivity contribution in [1.29, 1.82) is 0 Å². The molecule has 0 aromatic carbocycles. The Morgan fingerprint density at radius 3 is 2.74 bits per heavy atom. The molecule has 1 N–H and O–H groups in total. The number of aliphatic carboxylic acids is 1. The van der Waals surface area contributed by atoms with Gasteiger partial charge in [0.15, 0.2) is 11.0 Å². The zero-order valence-corrected chi connectivity index (χ0v) is 11.7. The fourth-order valence-electron chi connectivity index (χ4n) is 1.66.